The number of hydrogen-bond acceptors (Lipinski definition) is 5. The lowest BCUT2D eigenvalue weighted by Gasteiger charge is -2.40. The van der Waals surface area contributed by atoms with Crippen molar-refractivity contribution in [3.05, 3.63) is 42.0 Å². The summed E-state index contributed by atoms with van der Waals surface area (Å²) in [5.74, 6) is 2.11. The SMILES string of the molecule is CCCCc1noc(CN2CCC([C@H]3CCCCCN3C(=O)Nc3ccccc3)CC2)n1. The van der Waals surface area contributed by atoms with E-state index in [9.17, 15) is 4.79 Å². The van der Waals surface area contributed by atoms with Crippen molar-refractivity contribution < 1.29 is 9.32 Å². The van der Waals surface area contributed by atoms with Crippen LogP contribution >= 0.6 is 0 Å². The Kier molecular flexibility index (Phi) is 8.15. The summed E-state index contributed by atoms with van der Waals surface area (Å²) in [6, 6.07) is 10.2. The first-order valence-corrected chi connectivity index (χ1v) is 12.4. The molecule has 0 aliphatic carbocycles. The van der Waals surface area contributed by atoms with Crippen molar-refractivity contribution in [3.8, 4) is 0 Å². The first kappa shape index (κ1) is 22.8. The molecule has 32 heavy (non-hydrogen) atoms. The van der Waals surface area contributed by atoms with Gasteiger partial charge >= 0.3 is 6.03 Å². The largest absolute Gasteiger partial charge is 0.338 e. The minimum Gasteiger partial charge on any atom is -0.338 e. The average molecular weight is 440 g/mol. The van der Waals surface area contributed by atoms with Crippen molar-refractivity contribution in [2.45, 2.75) is 77.3 Å². The minimum atomic E-state index is 0.0519. The van der Waals surface area contributed by atoms with Gasteiger partial charge in [-0.25, -0.2) is 4.79 Å². The van der Waals surface area contributed by atoms with E-state index in [0.717, 1.165) is 88.5 Å². The van der Waals surface area contributed by atoms with Gasteiger partial charge in [0.15, 0.2) is 5.82 Å². The van der Waals surface area contributed by atoms with E-state index in [-0.39, 0.29) is 6.03 Å². The summed E-state index contributed by atoms with van der Waals surface area (Å²) in [6.45, 7) is 5.79. The zero-order chi connectivity index (χ0) is 22.2. The van der Waals surface area contributed by atoms with E-state index in [0.29, 0.717) is 12.0 Å². The Labute approximate surface area is 191 Å². The molecule has 1 aromatic heterocycles. The molecule has 3 heterocycles. The predicted molar refractivity (Wildman–Crippen MR) is 125 cm³/mol. The molecular weight excluding hydrogens is 402 g/mol. The van der Waals surface area contributed by atoms with E-state index in [1.807, 2.05) is 30.3 Å². The zero-order valence-electron chi connectivity index (χ0n) is 19.3. The van der Waals surface area contributed by atoms with Crippen molar-refractivity contribution in [1.29, 1.82) is 0 Å². The number of urea groups is 1. The highest BCUT2D eigenvalue weighted by Crippen LogP contribution is 2.31. The molecule has 0 spiro atoms. The van der Waals surface area contributed by atoms with Crippen LogP contribution in [0.1, 0.15) is 70.0 Å². The third kappa shape index (κ3) is 6.09. The Hall–Kier alpha value is -2.41. The maximum atomic E-state index is 13.1. The van der Waals surface area contributed by atoms with E-state index in [1.54, 1.807) is 0 Å². The molecule has 174 valence electrons. The molecular formula is C25H37N5O2. The number of likely N-dealkylation sites (tertiary alicyclic amines) is 2. The van der Waals surface area contributed by atoms with Gasteiger partial charge in [-0.15, -0.1) is 0 Å². The molecule has 2 amide bonds. The van der Waals surface area contributed by atoms with Crippen LogP contribution in [-0.2, 0) is 13.0 Å². The maximum absolute atomic E-state index is 13.1. The van der Waals surface area contributed by atoms with Gasteiger partial charge in [-0.3, -0.25) is 4.90 Å². The second-order valence-corrected chi connectivity index (χ2v) is 9.23. The number of carbonyl (C=O) groups excluding carboxylic acids is 1. The summed E-state index contributed by atoms with van der Waals surface area (Å²) < 4.78 is 5.47. The van der Waals surface area contributed by atoms with Crippen molar-refractivity contribution >= 4 is 11.7 Å². The van der Waals surface area contributed by atoms with Crippen molar-refractivity contribution in [3.63, 3.8) is 0 Å². The number of hydrogen-bond donors (Lipinski definition) is 1. The molecule has 0 saturated carbocycles. The third-order valence-corrected chi connectivity index (χ3v) is 6.88. The smallest absolute Gasteiger partial charge is 0.322 e. The molecule has 0 bridgehead atoms. The number of piperidine rings is 1. The van der Waals surface area contributed by atoms with E-state index >= 15 is 0 Å². The molecule has 2 aromatic rings. The number of para-hydroxylation sites is 1. The molecule has 1 aromatic carbocycles. The molecule has 2 fully saturated rings. The van der Waals surface area contributed by atoms with Gasteiger partial charge in [0, 0.05) is 24.7 Å². The molecule has 7 heteroatoms. The number of benzene rings is 1. The number of anilines is 1. The normalized spacial score (nSPS) is 20.8. The first-order valence-electron chi connectivity index (χ1n) is 12.4. The third-order valence-electron chi connectivity index (χ3n) is 6.88. The van der Waals surface area contributed by atoms with Gasteiger partial charge in [0.25, 0.3) is 0 Å². The van der Waals surface area contributed by atoms with Crippen LogP contribution in [0.15, 0.2) is 34.9 Å². The number of nitrogens with one attached hydrogen (secondary N) is 1. The number of aromatic nitrogens is 2. The van der Waals surface area contributed by atoms with Crippen LogP contribution in [0.4, 0.5) is 10.5 Å². The van der Waals surface area contributed by atoms with E-state index < -0.39 is 0 Å². The molecule has 0 radical (unpaired) electrons. The van der Waals surface area contributed by atoms with Gasteiger partial charge in [-0.05, 0) is 63.2 Å². The summed E-state index contributed by atoms with van der Waals surface area (Å²) in [6.07, 6.45) is 9.97. The first-order chi connectivity index (χ1) is 15.7. The minimum absolute atomic E-state index is 0.0519. The summed E-state index contributed by atoms with van der Waals surface area (Å²) in [5.41, 5.74) is 0.869. The average Bonchev–Trinajstić information content (AvgIpc) is 3.11. The van der Waals surface area contributed by atoms with Crippen molar-refractivity contribution in [2.24, 2.45) is 5.92 Å². The van der Waals surface area contributed by atoms with Gasteiger partial charge in [0.1, 0.15) is 0 Å². The van der Waals surface area contributed by atoms with Crippen LogP contribution in [0.5, 0.6) is 0 Å². The van der Waals surface area contributed by atoms with E-state index in [4.69, 9.17) is 4.52 Å². The topological polar surface area (TPSA) is 74.5 Å². The van der Waals surface area contributed by atoms with Crippen molar-refractivity contribution in [2.75, 3.05) is 25.0 Å². The summed E-state index contributed by atoms with van der Waals surface area (Å²) in [4.78, 5) is 22.2. The lowest BCUT2D eigenvalue weighted by molar-refractivity contribution is 0.0974. The highest BCUT2D eigenvalue weighted by molar-refractivity contribution is 5.89. The molecule has 1 atom stereocenters. The molecule has 2 aliphatic rings. The Morgan fingerprint density at radius 2 is 1.91 bits per heavy atom. The Morgan fingerprint density at radius 1 is 1.09 bits per heavy atom. The van der Waals surface area contributed by atoms with Gasteiger partial charge in [0.05, 0.1) is 6.54 Å². The monoisotopic (exact) mass is 439 g/mol. The fourth-order valence-electron chi connectivity index (χ4n) is 5.07. The van der Waals surface area contributed by atoms with Gasteiger partial charge in [-0.2, -0.15) is 4.98 Å². The molecule has 2 aliphatic heterocycles. The lowest BCUT2D eigenvalue weighted by atomic mass is 9.86. The quantitative estimate of drug-likeness (QED) is 0.650. The maximum Gasteiger partial charge on any atom is 0.322 e. The van der Waals surface area contributed by atoms with Crippen LogP contribution in [0.3, 0.4) is 0 Å². The molecule has 7 nitrogen and oxygen atoms in total. The van der Waals surface area contributed by atoms with Gasteiger partial charge < -0.3 is 14.7 Å². The molecule has 1 N–H and O–H groups in total. The van der Waals surface area contributed by atoms with Crippen LogP contribution in [-0.4, -0.2) is 51.6 Å². The van der Waals surface area contributed by atoms with E-state index in [1.165, 1.54) is 12.8 Å². The van der Waals surface area contributed by atoms with Gasteiger partial charge in [-0.1, -0.05) is 49.5 Å². The summed E-state index contributed by atoms with van der Waals surface area (Å²) in [5, 5.41) is 7.23. The Balaban J connectivity index is 1.32. The number of aryl methyl sites for hydroxylation is 1. The van der Waals surface area contributed by atoms with Gasteiger partial charge in [0.2, 0.25) is 5.89 Å². The fourth-order valence-corrected chi connectivity index (χ4v) is 5.07. The second kappa shape index (κ2) is 11.5. The van der Waals surface area contributed by atoms with Crippen molar-refractivity contribution in [1.82, 2.24) is 19.9 Å². The molecule has 2 saturated heterocycles. The highest BCUT2D eigenvalue weighted by Gasteiger charge is 2.34. The highest BCUT2D eigenvalue weighted by atomic mass is 16.5. The number of nitrogens with zero attached hydrogens (tertiary/aromatic N) is 4. The Bertz CT molecular complexity index is 832. The second-order valence-electron chi connectivity index (χ2n) is 9.23. The number of unbranched alkanes of at least 4 members (excludes halogenated alkanes) is 1. The Morgan fingerprint density at radius 3 is 2.69 bits per heavy atom. The molecule has 4 rings (SSSR count). The number of rotatable bonds is 7. The summed E-state index contributed by atoms with van der Waals surface area (Å²) >= 11 is 0. The fraction of sp³-hybridized carbons (Fsp3) is 0.640. The zero-order valence-corrected chi connectivity index (χ0v) is 19.3. The molecule has 0 unspecified atom stereocenters. The predicted octanol–water partition coefficient (Wildman–Crippen LogP) is 5.10. The van der Waals surface area contributed by atoms with Crippen LogP contribution in [0, 0.1) is 5.92 Å². The van der Waals surface area contributed by atoms with Crippen LogP contribution < -0.4 is 5.32 Å². The van der Waals surface area contributed by atoms with Crippen LogP contribution in [0.25, 0.3) is 0 Å². The van der Waals surface area contributed by atoms with Crippen LogP contribution in [0.2, 0.25) is 0 Å². The van der Waals surface area contributed by atoms with E-state index in [2.05, 4.69) is 32.2 Å². The standard InChI is InChI=1S/C25H37N5O2/c1-2-3-13-23-27-24(32-28-23)19-29-17-14-20(15-18-29)22-12-8-5-9-16-30(22)25(31)26-21-10-6-4-7-11-21/h4,6-7,10-11,20,22H,2-3,5,8-9,12-19H2,1H3,(H,26,31)/t22-/m1/s1. The number of carbonyl (C=O) groups is 1. The number of amides is 2. The lowest BCUT2D eigenvalue weighted by Crippen LogP contribution is -2.49. The summed E-state index contributed by atoms with van der Waals surface area (Å²) in [7, 11) is 0.